The number of amides is 1. The third-order valence-electron chi connectivity index (χ3n) is 4.53. The average molecular weight is 533 g/mol. The monoisotopic (exact) mass is 532 g/mol. The smallest absolute Gasteiger partial charge is 0.236 e. The minimum atomic E-state index is -0.157. The number of carbonyl (C=O) groups excluding carboxylic acids is 1. The number of carbonyl (C=O) groups is 1. The normalized spacial score (nSPS) is 11.2. The van der Waals surface area contributed by atoms with Crippen molar-refractivity contribution in [3.05, 3.63) is 75.2 Å². The predicted octanol–water partition coefficient (Wildman–Crippen LogP) is 5.94. The number of fused-ring (bicyclic) bond motifs is 1. The van der Waals surface area contributed by atoms with Crippen LogP contribution >= 0.6 is 57.6 Å². The van der Waals surface area contributed by atoms with Crippen LogP contribution in [0.2, 0.25) is 10.0 Å². The van der Waals surface area contributed by atoms with Crippen molar-refractivity contribution in [2.45, 2.75) is 10.8 Å². The standard InChI is InChI=1S/C21H14Cl2N6OS3/c22-15-8-4-7-13(17(15)23)9-14-10-24-19(32-14)25-16(30)11-31-21-28-29-18(26-27-20(29)33-21)12-5-2-1-3-6-12/h1-8,10H,9,11H2,(H,24,25,30). The molecular weight excluding hydrogens is 519 g/mol. The van der Waals surface area contributed by atoms with E-state index in [9.17, 15) is 4.79 Å². The predicted molar refractivity (Wildman–Crippen MR) is 135 cm³/mol. The summed E-state index contributed by atoms with van der Waals surface area (Å²) in [5, 5.41) is 17.4. The van der Waals surface area contributed by atoms with Crippen LogP contribution in [0.4, 0.5) is 5.13 Å². The summed E-state index contributed by atoms with van der Waals surface area (Å²) in [6, 6.07) is 15.3. The molecule has 1 amide bonds. The zero-order chi connectivity index (χ0) is 22.8. The van der Waals surface area contributed by atoms with Crippen molar-refractivity contribution in [1.82, 2.24) is 24.8 Å². The van der Waals surface area contributed by atoms with Crippen LogP contribution in [0.3, 0.4) is 0 Å². The van der Waals surface area contributed by atoms with Crippen LogP contribution in [0.15, 0.2) is 59.1 Å². The number of nitrogens with one attached hydrogen (secondary N) is 1. The Morgan fingerprint density at radius 3 is 2.76 bits per heavy atom. The van der Waals surface area contributed by atoms with Crippen molar-refractivity contribution in [3.63, 3.8) is 0 Å². The molecule has 3 aromatic heterocycles. The van der Waals surface area contributed by atoms with E-state index in [1.807, 2.05) is 42.5 Å². The highest BCUT2D eigenvalue weighted by molar-refractivity contribution is 8.01. The van der Waals surface area contributed by atoms with Crippen molar-refractivity contribution in [3.8, 4) is 11.4 Å². The number of nitrogens with zero attached hydrogens (tertiary/aromatic N) is 5. The van der Waals surface area contributed by atoms with Gasteiger partial charge in [-0.1, -0.05) is 88.8 Å². The van der Waals surface area contributed by atoms with Gasteiger partial charge >= 0.3 is 0 Å². The lowest BCUT2D eigenvalue weighted by Crippen LogP contribution is -2.13. The van der Waals surface area contributed by atoms with Gasteiger partial charge in [-0.3, -0.25) is 4.79 Å². The van der Waals surface area contributed by atoms with Crippen LogP contribution in [0.1, 0.15) is 10.4 Å². The van der Waals surface area contributed by atoms with E-state index in [0.717, 1.165) is 20.3 Å². The molecule has 0 fully saturated rings. The number of hydrogen-bond donors (Lipinski definition) is 1. The summed E-state index contributed by atoms with van der Waals surface area (Å²) < 4.78 is 2.44. The van der Waals surface area contributed by atoms with E-state index in [0.29, 0.717) is 32.4 Å². The van der Waals surface area contributed by atoms with Gasteiger partial charge in [-0.25, -0.2) is 4.98 Å². The lowest BCUT2D eigenvalue weighted by molar-refractivity contribution is -0.113. The molecule has 166 valence electrons. The molecule has 5 aromatic rings. The first-order chi connectivity index (χ1) is 16.1. The third kappa shape index (κ3) is 5.04. The summed E-state index contributed by atoms with van der Waals surface area (Å²) in [5.41, 5.74) is 1.85. The molecule has 0 radical (unpaired) electrons. The molecular formula is C21H14Cl2N6OS3. The Morgan fingerprint density at radius 1 is 1.06 bits per heavy atom. The lowest BCUT2D eigenvalue weighted by atomic mass is 10.1. The van der Waals surface area contributed by atoms with E-state index >= 15 is 0 Å². The lowest BCUT2D eigenvalue weighted by Gasteiger charge is -2.03. The largest absolute Gasteiger partial charge is 0.301 e. The maximum atomic E-state index is 12.4. The van der Waals surface area contributed by atoms with E-state index in [4.69, 9.17) is 23.2 Å². The van der Waals surface area contributed by atoms with E-state index in [2.05, 4.69) is 25.6 Å². The van der Waals surface area contributed by atoms with Crippen LogP contribution in [0.25, 0.3) is 16.3 Å². The zero-order valence-electron chi connectivity index (χ0n) is 16.7. The summed E-state index contributed by atoms with van der Waals surface area (Å²) >= 11 is 16.5. The fourth-order valence-corrected chi connectivity index (χ4v) is 5.94. The van der Waals surface area contributed by atoms with E-state index < -0.39 is 0 Å². The fourth-order valence-electron chi connectivity index (χ4n) is 3.03. The highest BCUT2D eigenvalue weighted by Gasteiger charge is 2.15. The van der Waals surface area contributed by atoms with Gasteiger partial charge in [0, 0.05) is 23.1 Å². The maximum absolute atomic E-state index is 12.4. The van der Waals surface area contributed by atoms with Crippen LogP contribution in [0.5, 0.6) is 0 Å². The van der Waals surface area contributed by atoms with Crippen molar-refractivity contribution in [2.24, 2.45) is 0 Å². The second kappa shape index (κ2) is 9.78. The van der Waals surface area contributed by atoms with Gasteiger partial charge < -0.3 is 5.32 Å². The first-order valence-electron chi connectivity index (χ1n) is 9.65. The van der Waals surface area contributed by atoms with Crippen molar-refractivity contribution >= 4 is 73.6 Å². The summed E-state index contributed by atoms with van der Waals surface area (Å²) in [5.74, 6) is 0.726. The van der Waals surface area contributed by atoms with Crippen molar-refractivity contribution in [2.75, 3.05) is 11.1 Å². The van der Waals surface area contributed by atoms with Gasteiger partial charge in [-0.2, -0.15) is 4.52 Å². The maximum Gasteiger partial charge on any atom is 0.236 e. The highest BCUT2D eigenvalue weighted by Crippen LogP contribution is 2.30. The van der Waals surface area contributed by atoms with Gasteiger partial charge in [0.05, 0.1) is 15.8 Å². The van der Waals surface area contributed by atoms with Gasteiger partial charge in [0.2, 0.25) is 10.9 Å². The summed E-state index contributed by atoms with van der Waals surface area (Å²) in [7, 11) is 0. The van der Waals surface area contributed by atoms with E-state index in [-0.39, 0.29) is 11.7 Å². The number of thiazole rings is 1. The number of thioether (sulfide) groups is 1. The molecule has 1 N–H and O–H groups in total. The van der Waals surface area contributed by atoms with Gasteiger partial charge in [0.1, 0.15) is 0 Å². The number of rotatable bonds is 7. The summed E-state index contributed by atoms with van der Waals surface area (Å²) in [4.78, 5) is 18.4. The van der Waals surface area contributed by atoms with Crippen LogP contribution in [-0.4, -0.2) is 36.5 Å². The van der Waals surface area contributed by atoms with Crippen LogP contribution < -0.4 is 5.32 Å². The van der Waals surface area contributed by atoms with Crippen molar-refractivity contribution < 1.29 is 4.79 Å². The Bertz CT molecular complexity index is 1430. The molecule has 7 nitrogen and oxygen atoms in total. The molecule has 12 heteroatoms. The second-order valence-corrected chi connectivity index (χ2v) is 10.9. The topological polar surface area (TPSA) is 85.1 Å². The highest BCUT2D eigenvalue weighted by atomic mass is 35.5. The van der Waals surface area contributed by atoms with E-state index in [1.54, 1.807) is 16.8 Å². The summed E-state index contributed by atoms with van der Waals surface area (Å²) in [6.07, 6.45) is 2.33. The number of aromatic nitrogens is 5. The Balaban J connectivity index is 1.20. The molecule has 5 rings (SSSR count). The molecule has 0 aliphatic carbocycles. The Morgan fingerprint density at radius 2 is 1.91 bits per heavy atom. The van der Waals surface area contributed by atoms with Gasteiger partial charge in [0.25, 0.3) is 0 Å². The average Bonchev–Trinajstić information content (AvgIpc) is 3.52. The SMILES string of the molecule is O=C(CSc1nn2c(-c3ccccc3)nnc2s1)Nc1ncc(Cc2cccc(Cl)c2Cl)s1. The molecule has 0 unspecified atom stereocenters. The van der Waals surface area contributed by atoms with Crippen molar-refractivity contribution in [1.29, 1.82) is 0 Å². The minimum absolute atomic E-state index is 0.157. The quantitative estimate of drug-likeness (QED) is 0.261. The summed E-state index contributed by atoms with van der Waals surface area (Å²) in [6.45, 7) is 0. The first-order valence-corrected chi connectivity index (χ1v) is 13.0. The number of anilines is 1. The Kier molecular flexibility index (Phi) is 6.61. The first kappa shape index (κ1) is 22.3. The third-order valence-corrected chi connectivity index (χ3v) is 8.33. The molecule has 33 heavy (non-hydrogen) atoms. The van der Waals surface area contributed by atoms with Crippen LogP contribution in [-0.2, 0) is 11.2 Å². The van der Waals surface area contributed by atoms with Gasteiger partial charge in [0.15, 0.2) is 15.3 Å². The van der Waals surface area contributed by atoms with Gasteiger partial charge in [-0.15, -0.1) is 26.6 Å². The second-order valence-electron chi connectivity index (χ2n) is 6.81. The molecule has 0 aliphatic heterocycles. The van der Waals surface area contributed by atoms with Crippen LogP contribution in [0, 0.1) is 0 Å². The molecule has 3 heterocycles. The minimum Gasteiger partial charge on any atom is -0.301 e. The zero-order valence-corrected chi connectivity index (χ0v) is 20.7. The fraction of sp³-hybridized carbons (Fsp3) is 0.0952. The number of halogens is 2. The van der Waals surface area contributed by atoms with E-state index in [1.165, 1.54) is 34.4 Å². The molecule has 0 atom stereocenters. The molecule has 0 saturated carbocycles. The Labute approximate surface area is 210 Å². The number of hydrogen-bond acceptors (Lipinski definition) is 8. The number of benzene rings is 2. The van der Waals surface area contributed by atoms with Gasteiger partial charge in [-0.05, 0) is 11.6 Å². The Hall–Kier alpha value is -2.50. The molecule has 0 spiro atoms. The molecule has 0 bridgehead atoms. The molecule has 0 aliphatic rings. The molecule has 0 saturated heterocycles. The molecule has 2 aromatic carbocycles.